The van der Waals surface area contributed by atoms with Crippen LogP contribution in [-0.4, -0.2) is 12.7 Å². The van der Waals surface area contributed by atoms with Crippen LogP contribution in [0.25, 0.3) is 0 Å². The third-order valence-corrected chi connectivity index (χ3v) is 2.66. The summed E-state index contributed by atoms with van der Waals surface area (Å²) in [5.74, 6) is 0. The summed E-state index contributed by atoms with van der Waals surface area (Å²) in [6, 6.07) is 5.18. The van der Waals surface area contributed by atoms with E-state index >= 15 is 0 Å². The van der Waals surface area contributed by atoms with E-state index in [0.717, 1.165) is 12.0 Å². The minimum atomic E-state index is -0.401. The van der Waals surface area contributed by atoms with E-state index in [2.05, 4.69) is 5.32 Å². The zero-order valence-corrected chi connectivity index (χ0v) is 10.5. The molecule has 2 rings (SSSR count). The van der Waals surface area contributed by atoms with Gasteiger partial charge in [-0.05, 0) is 23.8 Å². The predicted octanol–water partition coefficient (Wildman–Crippen LogP) is 3.59. The molecule has 0 unspecified atom stereocenters. The Balaban J connectivity index is 0.00000128. The van der Waals surface area contributed by atoms with Gasteiger partial charge in [-0.3, -0.25) is 0 Å². The number of nitrogens with one attached hydrogen (secondary N) is 1. The van der Waals surface area contributed by atoms with Gasteiger partial charge in [0.05, 0.1) is 12.6 Å². The van der Waals surface area contributed by atoms with Gasteiger partial charge in [-0.1, -0.05) is 23.2 Å². The van der Waals surface area contributed by atoms with Crippen LogP contribution in [0.1, 0.15) is 18.0 Å². The predicted molar refractivity (Wildman–Crippen MR) is 65.6 cm³/mol. The Bertz CT molecular complexity index is 377. The molecule has 0 bridgehead atoms. The standard InChI is InChI=1S/C10H9Cl2NO2.ClH/c11-7-3-6(4-8(12)5-7)9-1-2-15-10(14)13-9;/h3-5,9H,1-2H2,(H,13,14);1H/t9-;/m0./s1. The molecule has 0 aromatic heterocycles. The Morgan fingerprint density at radius 3 is 2.44 bits per heavy atom. The number of carbonyl (C=O) groups excluding carboxylic acids is 1. The number of alkyl carbamates (subject to hydrolysis) is 1. The third kappa shape index (κ3) is 3.17. The van der Waals surface area contributed by atoms with Gasteiger partial charge in [-0.15, -0.1) is 12.4 Å². The number of rotatable bonds is 1. The van der Waals surface area contributed by atoms with Gasteiger partial charge in [-0.25, -0.2) is 4.79 Å². The Labute approximate surface area is 109 Å². The maximum absolute atomic E-state index is 11.0. The summed E-state index contributed by atoms with van der Waals surface area (Å²) >= 11 is 11.8. The fourth-order valence-corrected chi connectivity index (χ4v) is 2.09. The summed E-state index contributed by atoms with van der Waals surface area (Å²) in [5, 5.41) is 3.84. The Kier molecular flexibility index (Phi) is 4.71. The number of carbonyl (C=O) groups is 1. The minimum absolute atomic E-state index is 0. The van der Waals surface area contributed by atoms with Crippen molar-refractivity contribution in [1.29, 1.82) is 0 Å². The second-order valence-electron chi connectivity index (χ2n) is 3.32. The number of hydrogen-bond acceptors (Lipinski definition) is 2. The highest BCUT2D eigenvalue weighted by molar-refractivity contribution is 6.34. The van der Waals surface area contributed by atoms with Crippen molar-refractivity contribution < 1.29 is 9.53 Å². The van der Waals surface area contributed by atoms with Crippen LogP contribution in [0.4, 0.5) is 4.79 Å². The van der Waals surface area contributed by atoms with Crippen molar-refractivity contribution in [2.24, 2.45) is 0 Å². The van der Waals surface area contributed by atoms with Gasteiger partial charge in [-0.2, -0.15) is 0 Å². The highest BCUT2D eigenvalue weighted by Gasteiger charge is 2.21. The maximum Gasteiger partial charge on any atom is 0.407 e. The van der Waals surface area contributed by atoms with Gasteiger partial charge in [0.1, 0.15) is 0 Å². The first-order valence-electron chi connectivity index (χ1n) is 4.54. The number of hydrogen-bond donors (Lipinski definition) is 1. The number of halogens is 3. The molecule has 1 amide bonds. The molecule has 3 nitrogen and oxygen atoms in total. The molecule has 1 aliphatic rings. The van der Waals surface area contributed by atoms with Gasteiger partial charge in [0.2, 0.25) is 0 Å². The molecule has 6 heteroatoms. The average Bonchev–Trinajstić information content (AvgIpc) is 2.16. The molecular formula is C10H10Cl3NO2. The van der Waals surface area contributed by atoms with Crippen LogP contribution in [-0.2, 0) is 4.74 Å². The Morgan fingerprint density at radius 2 is 1.88 bits per heavy atom. The minimum Gasteiger partial charge on any atom is -0.449 e. The molecule has 1 N–H and O–H groups in total. The third-order valence-electron chi connectivity index (χ3n) is 2.22. The summed E-state index contributed by atoms with van der Waals surface area (Å²) in [5.41, 5.74) is 0.907. The van der Waals surface area contributed by atoms with E-state index in [1.165, 1.54) is 0 Å². The van der Waals surface area contributed by atoms with Gasteiger partial charge in [0, 0.05) is 16.5 Å². The molecule has 1 saturated heterocycles. The molecule has 16 heavy (non-hydrogen) atoms. The second-order valence-corrected chi connectivity index (χ2v) is 4.20. The quantitative estimate of drug-likeness (QED) is 0.855. The molecule has 0 saturated carbocycles. The maximum atomic E-state index is 11.0. The van der Waals surface area contributed by atoms with E-state index < -0.39 is 6.09 Å². The summed E-state index contributed by atoms with van der Waals surface area (Å²) < 4.78 is 4.77. The lowest BCUT2D eigenvalue weighted by Crippen LogP contribution is -2.35. The molecule has 88 valence electrons. The number of amides is 1. The lowest BCUT2D eigenvalue weighted by atomic mass is 10.0. The summed E-state index contributed by atoms with van der Waals surface area (Å²) in [6.45, 7) is 0.417. The Morgan fingerprint density at radius 1 is 1.25 bits per heavy atom. The zero-order chi connectivity index (χ0) is 10.8. The van der Waals surface area contributed by atoms with E-state index in [0.29, 0.717) is 16.7 Å². The molecule has 1 aliphatic heterocycles. The van der Waals surface area contributed by atoms with Crippen LogP contribution in [0.15, 0.2) is 18.2 Å². The summed E-state index contributed by atoms with van der Waals surface area (Å²) in [7, 11) is 0. The molecule has 1 heterocycles. The zero-order valence-electron chi connectivity index (χ0n) is 8.20. The molecule has 1 atom stereocenters. The normalized spacial score (nSPS) is 19.4. The van der Waals surface area contributed by atoms with Crippen LogP contribution in [0.2, 0.25) is 10.0 Å². The monoisotopic (exact) mass is 281 g/mol. The van der Waals surface area contributed by atoms with Crippen molar-refractivity contribution in [2.45, 2.75) is 12.5 Å². The second kappa shape index (κ2) is 5.62. The van der Waals surface area contributed by atoms with Gasteiger partial charge in [0.15, 0.2) is 0 Å². The van der Waals surface area contributed by atoms with E-state index in [4.69, 9.17) is 27.9 Å². The molecule has 1 aromatic carbocycles. The van der Waals surface area contributed by atoms with E-state index in [1.54, 1.807) is 18.2 Å². The van der Waals surface area contributed by atoms with Crippen molar-refractivity contribution >= 4 is 41.7 Å². The smallest absolute Gasteiger partial charge is 0.407 e. The van der Waals surface area contributed by atoms with Crippen molar-refractivity contribution in [1.82, 2.24) is 5.32 Å². The fraction of sp³-hybridized carbons (Fsp3) is 0.300. The van der Waals surface area contributed by atoms with E-state index in [9.17, 15) is 4.79 Å². The SMILES string of the molecule is Cl.O=C1N[C@H](c2cc(Cl)cc(Cl)c2)CCO1. The lowest BCUT2D eigenvalue weighted by Gasteiger charge is -2.23. The van der Waals surface area contributed by atoms with Gasteiger partial charge in [0.25, 0.3) is 0 Å². The van der Waals surface area contributed by atoms with Crippen molar-refractivity contribution in [3.05, 3.63) is 33.8 Å². The largest absolute Gasteiger partial charge is 0.449 e. The van der Waals surface area contributed by atoms with Crippen LogP contribution in [0.5, 0.6) is 0 Å². The molecule has 0 radical (unpaired) electrons. The van der Waals surface area contributed by atoms with Crippen molar-refractivity contribution in [2.75, 3.05) is 6.61 Å². The number of cyclic esters (lactones) is 1. The highest BCUT2D eigenvalue weighted by Crippen LogP contribution is 2.26. The number of ether oxygens (including phenoxy) is 1. The summed E-state index contributed by atoms with van der Waals surface area (Å²) in [4.78, 5) is 11.0. The van der Waals surface area contributed by atoms with Crippen LogP contribution in [0, 0.1) is 0 Å². The Hall–Kier alpha value is -0.640. The average molecular weight is 283 g/mol. The van der Waals surface area contributed by atoms with Crippen molar-refractivity contribution in [3.63, 3.8) is 0 Å². The molecule has 0 aliphatic carbocycles. The number of benzene rings is 1. The van der Waals surface area contributed by atoms with Gasteiger partial charge >= 0.3 is 6.09 Å². The first kappa shape index (κ1) is 13.4. The van der Waals surface area contributed by atoms with E-state index in [-0.39, 0.29) is 18.4 Å². The van der Waals surface area contributed by atoms with Crippen LogP contribution < -0.4 is 5.32 Å². The fourth-order valence-electron chi connectivity index (χ4n) is 1.55. The molecule has 1 fully saturated rings. The summed E-state index contributed by atoms with van der Waals surface area (Å²) in [6.07, 6.45) is 0.324. The van der Waals surface area contributed by atoms with Crippen molar-refractivity contribution in [3.8, 4) is 0 Å². The van der Waals surface area contributed by atoms with Crippen LogP contribution in [0.3, 0.4) is 0 Å². The van der Waals surface area contributed by atoms with Crippen LogP contribution >= 0.6 is 35.6 Å². The molecule has 0 spiro atoms. The lowest BCUT2D eigenvalue weighted by molar-refractivity contribution is 0.115. The highest BCUT2D eigenvalue weighted by atomic mass is 35.5. The molecule has 1 aromatic rings. The first-order chi connectivity index (χ1) is 7.15. The first-order valence-corrected chi connectivity index (χ1v) is 5.30. The van der Waals surface area contributed by atoms with Gasteiger partial charge < -0.3 is 10.1 Å². The topological polar surface area (TPSA) is 38.3 Å². The molecular weight excluding hydrogens is 272 g/mol. The van der Waals surface area contributed by atoms with E-state index in [1.807, 2.05) is 0 Å².